The number of benzene rings is 1. The topological polar surface area (TPSA) is 91.4 Å². The average Bonchev–Trinajstić information content (AvgIpc) is 3.11. The number of aromatic nitrogens is 1. The molecule has 1 unspecified atom stereocenters. The van der Waals surface area contributed by atoms with Crippen LogP contribution in [0.15, 0.2) is 40.1 Å². The van der Waals surface area contributed by atoms with E-state index in [1.807, 2.05) is 18.4 Å². The van der Waals surface area contributed by atoms with Gasteiger partial charge in [0.05, 0.1) is 5.75 Å². The second kappa shape index (κ2) is 6.85. The molecule has 0 spiro atoms. The molecule has 2 heterocycles. The highest BCUT2D eigenvalue weighted by Crippen LogP contribution is 2.28. The van der Waals surface area contributed by atoms with Crippen LogP contribution in [0, 0.1) is 6.92 Å². The Morgan fingerprint density at radius 3 is 2.72 bits per heavy atom. The van der Waals surface area contributed by atoms with Crippen LogP contribution < -0.4 is 10.7 Å². The molecule has 1 fully saturated rings. The van der Waals surface area contributed by atoms with E-state index in [4.69, 9.17) is 0 Å². The van der Waals surface area contributed by atoms with E-state index in [2.05, 4.69) is 15.7 Å². The number of amides is 4. The fraction of sp³-hybridized carbons (Fsp3) is 0.250. The molecule has 1 saturated heterocycles. The summed E-state index contributed by atoms with van der Waals surface area (Å²) in [7, 11) is 0. The number of hydrogen-bond acceptors (Lipinski definition) is 6. The van der Waals surface area contributed by atoms with E-state index >= 15 is 0 Å². The summed E-state index contributed by atoms with van der Waals surface area (Å²) >= 11 is 2.70. The number of imide groups is 1. The van der Waals surface area contributed by atoms with Gasteiger partial charge in [0, 0.05) is 11.1 Å². The van der Waals surface area contributed by atoms with Gasteiger partial charge in [0.1, 0.15) is 5.54 Å². The molecule has 0 aliphatic carbocycles. The molecule has 0 saturated carbocycles. The molecule has 1 aliphatic heterocycles. The number of carbonyl (C=O) groups excluding carboxylic acids is 3. The quantitative estimate of drug-likeness (QED) is 0.616. The van der Waals surface area contributed by atoms with Crippen LogP contribution in [0.2, 0.25) is 0 Å². The predicted octanol–water partition coefficient (Wildman–Crippen LogP) is 2.04. The first-order valence-corrected chi connectivity index (χ1v) is 9.33. The van der Waals surface area contributed by atoms with E-state index in [0.717, 1.165) is 15.0 Å². The van der Waals surface area contributed by atoms with Gasteiger partial charge in [-0.05, 0) is 19.4 Å². The number of aryl methyl sites for hydroxylation is 1. The van der Waals surface area contributed by atoms with Crippen molar-refractivity contribution in [2.24, 2.45) is 0 Å². The number of nitrogens with one attached hydrogen (secondary N) is 2. The number of hydrazine groups is 1. The lowest BCUT2D eigenvalue weighted by atomic mass is 9.92. The summed E-state index contributed by atoms with van der Waals surface area (Å²) in [5, 5.41) is 5.27. The smallest absolute Gasteiger partial charge is 0.318 e. The number of nitrogens with zero attached hydrogens (tertiary/aromatic N) is 2. The zero-order chi connectivity index (χ0) is 18.0. The van der Waals surface area contributed by atoms with Crippen molar-refractivity contribution in [3.05, 3.63) is 47.0 Å². The number of thioether (sulfide) groups is 1. The van der Waals surface area contributed by atoms with Crippen molar-refractivity contribution in [2.45, 2.75) is 23.7 Å². The molecule has 3 rings (SSSR count). The predicted molar refractivity (Wildman–Crippen MR) is 94.9 cm³/mol. The normalized spacial score (nSPS) is 19.8. The fourth-order valence-corrected chi connectivity index (χ4v) is 4.03. The van der Waals surface area contributed by atoms with Crippen LogP contribution in [0.25, 0.3) is 0 Å². The van der Waals surface area contributed by atoms with E-state index in [1.54, 1.807) is 31.2 Å². The molecule has 0 bridgehead atoms. The van der Waals surface area contributed by atoms with E-state index in [1.165, 1.54) is 23.1 Å². The van der Waals surface area contributed by atoms with Crippen molar-refractivity contribution in [2.75, 3.05) is 5.75 Å². The van der Waals surface area contributed by atoms with E-state index < -0.39 is 23.4 Å². The Balaban J connectivity index is 1.65. The highest BCUT2D eigenvalue weighted by atomic mass is 32.2. The lowest BCUT2D eigenvalue weighted by Crippen LogP contribution is -2.48. The van der Waals surface area contributed by atoms with Crippen LogP contribution in [0.3, 0.4) is 0 Å². The minimum Gasteiger partial charge on any atom is -0.318 e. The third-order valence-corrected chi connectivity index (χ3v) is 5.84. The molecule has 1 aromatic carbocycles. The minimum absolute atomic E-state index is 0.0616. The molecule has 0 radical (unpaired) electrons. The second-order valence-corrected chi connectivity index (χ2v) is 7.72. The fourth-order valence-electron chi connectivity index (χ4n) is 2.39. The maximum Gasteiger partial charge on any atom is 0.344 e. The summed E-state index contributed by atoms with van der Waals surface area (Å²) in [6.07, 6.45) is 0. The van der Waals surface area contributed by atoms with Crippen LogP contribution in [-0.4, -0.2) is 33.6 Å². The third-order valence-electron chi connectivity index (χ3n) is 3.70. The van der Waals surface area contributed by atoms with Crippen molar-refractivity contribution in [1.29, 1.82) is 0 Å². The summed E-state index contributed by atoms with van der Waals surface area (Å²) in [6, 6.07) is 8.25. The first-order chi connectivity index (χ1) is 11.9. The monoisotopic (exact) mass is 376 g/mol. The van der Waals surface area contributed by atoms with Crippen molar-refractivity contribution < 1.29 is 14.4 Å². The Morgan fingerprint density at radius 2 is 2.08 bits per heavy atom. The summed E-state index contributed by atoms with van der Waals surface area (Å²) < 4.78 is 0.763. The molecule has 9 heteroatoms. The van der Waals surface area contributed by atoms with Crippen LogP contribution >= 0.6 is 23.1 Å². The van der Waals surface area contributed by atoms with Crippen molar-refractivity contribution in [3.8, 4) is 0 Å². The molecule has 25 heavy (non-hydrogen) atoms. The summed E-state index contributed by atoms with van der Waals surface area (Å²) in [5.74, 6) is -0.905. The highest BCUT2D eigenvalue weighted by molar-refractivity contribution is 8.01. The molecular formula is C16H16N4O3S2. The average molecular weight is 376 g/mol. The lowest BCUT2D eigenvalue weighted by Gasteiger charge is -2.22. The van der Waals surface area contributed by atoms with Crippen LogP contribution in [0.4, 0.5) is 4.79 Å². The summed E-state index contributed by atoms with van der Waals surface area (Å²) in [4.78, 5) is 41.1. The first kappa shape index (κ1) is 17.4. The van der Waals surface area contributed by atoms with Crippen LogP contribution in [0.5, 0.6) is 0 Å². The molecule has 130 valence electrons. The molecule has 1 atom stereocenters. The van der Waals surface area contributed by atoms with E-state index in [0.29, 0.717) is 5.56 Å². The maximum absolute atomic E-state index is 12.7. The minimum atomic E-state index is -1.20. The molecule has 2 N–H and O–H groups in total. The van der Waals surface area contributed by atoms with Crippen LogP contribution in [-0.2, 0) is 15.1 Å². The summed E-state index contributed by atoms with van der Waals surface area (Å²) in [5.41, 5.74) is 2.71. The molecule has 7 nitrogen and oxygen atoms in total. The van der Waals surface area contributed by atoms with Gasteiger partial charge in [0.15, 0.2) is 4.34 Å². The number of carbonyl (C=O) groups is 3. The number of hydrogen-bond donors (Lipinski definition) is 2. The molecule has 2 aromatic rings. The zero-order valence-corrected chi connectivity index (χ0v) is 15.2. The third kappa shape index (κ3) is 3.52. The molecule has 1 aliphatic rings. The van der Waals surface area contributed by atoms with Gasteiger partial charge in [-0.25, -0.2) is 9.78 Å². The van der Waals surface area contributed by atoms with Crippen LogP contribution in [0.1, 0.15) is 18.2 Å². The van der Waals surface area contributed by atoms with Gasteiger partial charge in [0.2, 0.25) is 5.91 Å². The maximum atomic E-state index is 12.7. The Hall–Kier alpha value is -2.39. The van der Waals surface area contributed by atoms with Gasteiger partial charge < -0.3 is 5.32 Å². The number of rotatable bonds is 5. The largest absolute Gasteiger partial charge is 0.344 e. The first-order valence-electron chi connectivity index (χ1n) is 7.47. The Bertz CT molecular complexity index is 824. The number of thiazole rings is 1. The van der Waals surface area contributed by atoms with E-state index in [-0.39, 0.29) is 5.75 Å². The van der Waals surface area contributed by atoms with Gasteiger partial charge in [0.25, 0.3) is 5.91 Å². The van der Waals surface area contributed by atoms with E-state index in [9.17, 15) is 14.4 Å². The molecule has 1 aromatic heterocycles. The second-order valence-electron chi connectivity index (χ2n) is 5.64. The standard InChI is InChI=1S/C16H16N4O3S2/c1-10-8-24-15(17-10)25-9-12(21)19-20-13(22)16(2,18-14(20)23)11-6-4-3-5-7-11/h3-8H,9H2,1-2H3,(H,18,23)(H,19,21). The van der Waals surface area contributed by atoms with Gasteiger partial charge >= 0.3 is 6.03 Å². The summed E-state index contributed by atoms with van der Waals surface area (Å²) in [6.45, 7) is 3.49. The lowest BCUT2D eigenvalue weighted by molar-refractivity contribution is -0.138. The molecule has 4 amide bonds. The Morgan fingerprint density at radius 1 is 1.36 bits per heavy atom. The zero-order valence-electron chi connectivity index (χ0n) is 13.6. The van der Waals surface area contributed by atoms with Crippen molar-refractivity contribution >= 4 is 40.9 Å². The number of urea groups is 1. The highest BCUT2D eigenvalue weighted by Gasteiger charge is 2.49. The Labute approximate surface area is 152 Å². The van der Waals surface area contributed by atoms with Gasteiger partial charge in [-0.15, -0.1) is 11.3 Å². The van der Waals surface area contributed by atoms with Crippen molar-refractivity contribution in [1.82, 2.24) is 20.7 Å². The molecular weight excluding hydrogens is 360 g/mol. The van der Waals surface area contributed by atoms with Crippen molar-refractivity contribution in [3.63, 3.8) is 0 Å². The Kier molecular flexibility index (Phi) is 4.78. The van der Waals surface area contributed by atoms with Gasteiger partial charge in [-0.2, -0.15) is 5.01 Å². The SMILES string of the molecule is Cc1csc(SCC(=O)NN2C(=O)NC(C)(c3ccccc3)C2=O)n1. The van der Waals surface area contributed by atoms with Gasteiger partial charge in [-0.1, -0.05) is 42.1 Å². The van der Waals surface area contributed by atoms with Gasteiger partial charge in [-0.3, -0.25) is 15.0 Å².